The lowest BCUT2D eigenvalue weighted by atomic mass is 10.4. The van der Waals surface area contributed by atoms with Gasteiger partial charge >= 0.3 is 6.03 Å². The molecule has 1 heterocycles. The summed E-state index contributed by atoms with van der Waals surface area (Å²) in [6.07, 6.45) is 1.37. The van der Waals surface area contributed by atoms with Gasteiger partial charge in [-0.15, -0.1) is 0 Å². The molecule has 5 nitrogen and oxygen atoms in total. The molecule has 0 saturated heterocycles. The van der Waals surface area contributed by atoms with Crippen LogP contribution in [-0.2, 0) is 0 Å². The number of amides is 2. The molecule has 0 fully saturated rings. The minimum atomic E-state index is -0.700. The molecule has 0 aromatic carbocycles. The number of hydrogen-bond acceptors (Lipinski definition) is 3. The van der Waals surface area contributed by atoms with Crippen molar-refractivity contribution in [1.82, 2.24) is 5.43 Å². The molecular weight excluding hydrogens is 158 g/mol. The molecule has 64 valence electrons. The molecule has 0 radical (unpaired) electrons. The number of hydrogen-bond donors (Lipinski definition) is 2. The summed E-state index contributed by atoms with van der Waals surface area (Å²) in [6, 6.07) is 2.84. The van der Waals surface area contributed by atoms with E-state index in [4.69, 9.17) is 10.2 Å². The third kappa shape index (κ3) is 2.45. The van der Waals surface area contributed by atoms with Gasteiger partial charge in [-0.05, 0) is 19.1 Å². The van der Waals surface area contributed by atoms with Gasteiger partial charge in [0.2, 0.25) is 0 Å². The summed E-state index contributed by atoms with van der Waals surface area (Å²) in [7, 11) is 0. The second kappa shape index (κ2) is 3.56. The van der Waals surface area contributed by atoms with Crippen LogP contribution < -0.4 is 11.2 Å². The zero-order chi connectivity index (χ0) is 8.97. The third-order valence-electron chi connectivity index (χ3n) is 1.13. The number of carbonyl (C=O) groups is 1. The quantitative estimate of drug-likeness (QED) is 0.499. The molecule has 0 spiro atoms. The van der Waals surface area contributed by atoms with Gasteiger partial charge < -0.3 is 10.2 Å². The largest absolute Gasteiger partial charge is 0.460 e. The number of nitrogens with two attached hydrogens (primary N) is 1. The number of primary amides is 1. The minimum absolute atomic E-state index is 0.571. The van der Waals surface area contributed by atoms with Crippen LogP contribution >= 0.6 is 0 Å². The third-order valence-corrected chi connectivity index (χ3v) is 1.13. The number of carbonyl (C=O) groups excluding carboxylic acids is 1. The van der Waals surface area contributed by atoms with E-state index in [1.807, 2.05) is 6.92 Å². The molecular formula is C7H9N3O2. The van der Waals surface area contributed by atoms with Crippen LogP contribution in [0.2, 0.25) is 0 Å². The number of nitrogens with one attached hydrogen (secondary N) is 1. The van der Waals surface area contributed by atoms with E-state index in [0.29, 0.717) is 5.76 Å². The molecule has 2 amide bonds. The molecule has 0 aliphatic carbocycles. The SMILES string of the molecule is Cc1ccc(C=NNC(N)=O)o1. The van der Waals surface area contributed by atoms with Crippen molar-refractivity contribution in [2.75, 3.05) is 0 Å². The van der Waals surface area contributed by atoms with Crippen molar-refractivity contribution in [2.45, 2.75) is 6.92 Å². The van der Waals surface area contributed by atoms with Gasteiger partial charge in [0.15, 0.2) is 0 Å². The highest BCUT2D eigenvalue weighted by atomic mass is 16.3. The lowest BCUT2D eigenvalue weighted by Crippen LogP contribution is -2.24. The summed E-state index contributed by atoms with van der Waals surface area (Å²) in [5.41, 5.74) is 6.82. The number of nitrogens with zero attached hydrogens (tertiary/aromatic N) is 1. The Morgan fingerprint density at radius 2 is 2.50 bits per heavy atom. The van der Waals surface area contributed by atoms with E-state index >= 15 is 0 Å². The Balaban J connectivity index is 2.52. The Kier molecular flexibility index (Phi) is 2.47. The van der Waals surface area contributed by atoms with E-state index < -0.39 is 6.03 Å². The maximum absolute atomic E-state index is 10.2. The molecule has 0 bridgehead atoms. The van der Waals surface area contributed by atoms with Crippen molar-refractivity contribution in [2.24, 2.45) is 10.8 Å². The second-order valence-electron chi connectivity index (χ2n) is 2.18. The smallest absolute Gasteiger partial charge is 0.332 e. The molecule has 0 atom stereocenters. The van der Waals surface area contributed by atoms with Gasteiger partial charge in [-0.3, -0.25) is 0 Å². The Morgan fingerprint density at radius 3 is 3.00 bits per heavy atom. The Labute approximate surface area is 69.2 Å². The molecule has 0 unspecified atom stereocenters. The van der Waals surface area contributed by atoms with Gasteiger partial charge in [0.25, 0.3) is 0 Å². The zero-order valence-electron chi connectivity index (χ0n) is 6.57. The van der Waals surface area contributed by atoms with Gasteiger partial charge in [-0.1, -0.05) is 0 Å². The highest BCUT2D eigenvalue weighted by Gasteiger charge is 1.92. The van der Waals surface area contributed by atoms with Crippen LogP contribution in [0.5, 0.6) is 0 Å². The van der Waals surface area contributed by atoms with Crippen molar-refractivity contribution in [3.8, 4) is 0 Å². The maximum atomic E-state index is 10.2. The zero-order valence-corrected chi connectivity index (χ0v) is 6.57. The Bertz CT molecular complexity index is 303. The molecule has 0 aliphatic heterocycles. The van der Waals surface area contributed by atoms with Gasteiger partial charge in [-0.2, -0.15) is 5.10 Å². The predicted molar refractivity (Wildman–Crippen MR) is 43.8 cm³/mol. The van der Waals surface area contributed by atoms with Crippen molar-refractivity contribution in [3.05, 3.63) is 23.7 Å². The van der Waals surface area contributed by atoms with E-state index in [-0.39, 0.29) is 0 Å². The first-order chi connectivity index (χ1) is 5.68. The molecule has 0 saturated carbocycles. The average molecular weight is 167 g/mol. The van der Waals surface area contributed by atoms with E-state index in [0.717, 1.165) is 5.76 Å². The van der Waals surface area contributed by atoms with Crippen molar-refractivity contribution in [3.63, 3.8) is 0 Å². The topological polar surface area (TPSA) is 80.6 Å². The number of aryl methyl sites for hydroxylation is 1. The highest BCUT2D eigenvalue weighted by Crippen LogP contribution is 2.02. The van der Waals surface area contributed by atoms with Gasteiger partial charge in [0, 0.05) is 0 Å². The van der Waals surface area contributed by atoms with Crippen LogP contribution in [0, 0.1) is 6.92 Å². The summed E-state index contributed by atoms with van der Waals surface area (Å²) < 4.78 is 5.12. The number of furan rings is 1. The van der Waals surface area contributed by atoms with Gasteiger partial charge in [-0.25, -0.2) is 10.2 Å². The van der Waals surface area contributed by atoms with Crippen molar-refractivity contribution < 1.29 is 9.21 Å². The maximum Gasteiger partial charge on any atom is 0.332 e. The number of hydrazone groups is 1. The van der Waals surface area contributed by atoms with Crippen molar-refractivity contribution in [1.29, 1.82) is 0 Å². The van der Waals surface area contributed by atoms with E-state index in [1.165, 1.54) is 6.21 Å². The summed E-state index contributed by atoms with van der Waals surface area (Å²) in [5.74, 6) is 1.36. The normalized spacial score (nSPS) is 10.4. The first-order valence-corrected chi connectivity index (χ1v) is 3.33. The summed E-state index contributed by atoms with van der Waals surface area (Å²) in [6.45, 7) is 1.82. The Morgan fingerprint density at radius 1 is 1.75 bits per heavy atom. The first-order valence-electron chi connectivity index (χ1n) is 3.33. The predicted octanol–water partition coefficient (Wildman–Crippen LogP) is 0.590. The van der Waals surface area contributed by atoms with Crippen molar-refractivity contribution >= 4 is 12.2 Å². The summed E-state index contributed by atoms with van der Waals surface area (Å²) in [4.78, 5) is 10.2. The second-order valence-corrected chi connectivity index (χ2v) is 2.18. The van der Waals surface area contributed by atoms with Crippen LogP contribution in [0.1, 0.15) is 11.5 Å². The molecule has 1 rings (SSSR count). The monoisotopic (exact) mass is 167 g/mol. The first kappa shape index (κ1) is 8.32. The van der Waals surface area contributed by atoms with E-state index in [1.54, 1.807) is 12.1 Å². The number of rotatable bonds is 2. The fraction of sp³-hybridized carbons (Fsp3) is 0.143. The van der Waals surface area contributed by atoms with Gasteiger partial charge in [0.05, 0.1) is 6.21 Å². The molecule has 3 N–H and O–H groups in total. The van der Waals surface area contributed by atoms with Crippen LogP contribution in [0.3, 0.4) is 0 Å². The van der Waals surface area contributed by atoms with Crippen LogP contribution in [0.4, 0.5) is 4.79 Å². The van der Waals surface area contributed by atoms with Crippen LogP contribution in [-0.4, -0.2) is 12.2 Å². The minimum Gasteiger partial charge on any atom is -0.460 e. The lowest BCUT2D eigenvalue weighted by Gasteiger charge is -1.88. The lowest BCUT2D eigenvalue weighted by molar-refractivity contribution is 0.249. The summed E-state index contributed by atoms with van der Waals surface area (Å²) in [5, 5.41) is 3.51. The van der Waals surface area contributed by atoms with E-state index in [9.17, 15) is 4.79 Å². The number of urea groups is 1. The van der Waals surface area contributed by atoms with Crippen LogP contribution in [0.25, 0.3) is 0 Å². The molecule has 0 aliphatic rings. The highest BCUT2D eigenvalue weighted by molar-refractivity contribution is 5.78. The average Bonchev–Trinajstić information content (AvgIpc) is 2.35. The fourth-order valence-electron chi connectivity index (χ4n) is 0.682. The standard InChI is InChI=1S/C7H9N3O2/c1-5-2-3-6(12-5)4-9-10-7(8)11/h2-4H,1H3,(H3,8,10,11). The molecule has 12 heavy (non-hydrogen) atoms. The van der Waals surface area contributed by atoms with Gasteiger partial charge in [0.1, 0.15) is 11.5 Å². The fourth-order valence-corrected chi connectivity index (χ4v) is 0.682. The van der Waals surface area contributed by atoms with Crippen LogP contribution in [0.15, 0.2) is 21.7 Å². The summed E-state index contributed by atoms with van der Waals surface area (Å²) >= 11 is 0. The van der Waals surface area contributed by atoms with E-state index in [2.05, 4.69) is 10.5 Å². The molecule has 1 aromatic rings. The Hall–Kier alpha value is -1.78. The molecule has 5 heteroatoms. The molecule has 1 aromatic heterocycles.